The summed E-state index contributed by atoms with van der Waals surface area (Å²) in [5.41, 5.74) is 8.26. The van der Waals surface area contributed by atoms with E-state index in [9.17, 15) is 4.79 Å². The Morgan fingerprint density at radius 3 is 2.69 bits per heavy atom. The summed E-state index contributed by atoms with van der Waals surface area (Å²) < 4.78 is 3.34. The molecular formula is C22H19N5OS. The highest BCUT2D eigenvalue weighted by Gasteiger charge is 2.13. The van der Waals surface area contributed by atoms with Crippen LogP contribution in [0.5, 0.6) is 0 Å². The average molecular weight is 401 g/mol. The molecule has 2 N–H and O–H groups in total. The SMILES string of the molecule is CCc1nc2cccc(C#Cc3cnn(SCN)c3)c2c(=O)n1-c1ccccc1. The van der Waals surface area contributed by atoms with Gasteiger partial charge in [0.15, 0.2) is 0 Å². The minimum atomic E-state index is -0.114. The van der Waals surface area contributed by atoms with Gasteiger partial charge in [-0.15, -0.1) is 0 Å². The van der Waals surface area contributed by atoms with Crippen molar-refractivity contribution in [3.05, 3.63) is 88.2 Å². The zero-order valence-electron chi connectivity index (χ0n) is 15.9. The van der Waals surface area contributed by atoms with Gasteiger partial charge in [0, 0.05) is 12.0 Å². The van der Waals surface area contributed by atoms with Gasteiger partial charge in [-0.3, -0.25) is 9.36 Å². The highest BCUT2D eigenvalue weighted by atomic mass is 32.2. The predicted octanol–water partition coefficient (Wildman–Crippen LogP) is 2.96. The van der Waals surface area contributed by atoms with Gasteiger partial charge in [-0.05, 0) is 36.2 Å². The van der Waals surface area contributed by atoms with Gasteiger partial charge < -0.3 is 5.73 Å². The van der Waals surface area contributed by atoms with Gasteiger partial charge in [0.05, 0.1) is 40.4 Å². The van der Waals surface area contributed by atoms with Crippen LogP contribution < -0.4 is 11.3 Å². The molecule has 4 aromatic rings. The summed E-state index contributed by atoms with van der Waals surface area (Å²) in [6, 6.07) is 15.1. The average Bonchev–Trinajstić information content (AvgIpc) is 3.20. The van der Waals surface area contributed by atoms with Crippen molar-refractivity contribution >= 4 is 22.9 Å². The molecule has 4 rings (SSSR count). The van der Waals surface area contributed by atoms with Crippen molar-refractivity contribution in [2.75, 3.05) is 5.88 Å². The Labute approximate surface area is 172 Å². The van der Waals surface area contributed by atoms with Crippen molar-refractivity contribution in [1.29, 1.82) is 0 Å². The first-order chi connectivity index (χ1) is 14.2. The number of hydrogen-bond acceptors (Lipinski definition) is 5. The van der Waals surface area contributed by atoms with Crippen LogP contribution in [0, 0.1) is 11.8 Å². The second-order valence-corrected chi connectivity index (χ2v) is 7.20. The number of aromatic nitrogens is 4. The maximum atomic E-state index is 13.5. The summed E-state index contributed by atoms with van der Waals surface area (Å²) in [5.74, 6) is 7.36. The Bertz CT molecular complexity index is 1280. The van der Waals surface area contributed by atoms with Gasteiger partial charge in [0.25, 0.3) is 5.56 Å². The smallest absolute Gasteiger partial charge is 0.267 e. The number of fused-ring (bicyclic) bond motifs is 1. The Balaban J connectivity index is 1.88. The van der Waals surface area contributed by atoms with E-state index in [1.165, 1.54) is 11.9 Å². The van der Waals surface area contributed by atoms with Gasteiger partial charge in [0.1, 0.15) is 5.82 Å². The van der Waals surface area contributed by atoms with Crippen LogP contribution in [0.15, 0.2) is 65.7 Å². The van der Waals surface area contributed by atoms with E-state index in [2.05, 4.69) is 16.9 Å². The summed E-state index contributed by atoms with van der Waals surface area (Å²) in [5, 5.41) is 4.71. The largest absolute Gasteiger partial charge is 0.320 e. The van der Waals surface area contributed by atoms with Crippen LogP contribution in [0.1, 0.15) is 23.9 Å². The fourth-order valence-corrected chi connectivity index (χ4v) is 3.57. The molecule has 144 valence electrons. The van der Waals surface area contributed by atoms with Gasteiger partial charge in [0.2, 0.25) is 0 Å². The molecule has 0 aliphatic rings. The van der Waals surface area contributed by atoms with E-state index < -0.39 is 0 Å². The molecule has 0 atom stereocenters. The zero-order chi connectivity index (χ0) is 20.2. The van der Waals surface area contributed by atoms with E-state index in [1.807, 2.05) is 61.7 Å². The highest BCUT2D eigenvalue weighted by Crippen LogP contribution is 2.17. The summed E-state index contributed by atoms with van der Waals surface area (Å²) in [6.45, 7) is 1.99. The van der Waals surface area contributed by atoms with Crippen LogP contribution in [0.3, 0.4) is 0 Å². The number of benzene rings is 2. The Kier molecular flexibility index (Phi) is 5.47. The first-order valence-corrected chi connectivity index (χ1v) is 10.2. The fourth-order valence-electron chi connectivity index (χ4n) is 3.12. The van der Waals surface area contributed by atoms with Gasteiger partial charge in [-0.2, -0.15) is 5.10 Å². The van der Waals surface area contributed by atoms with Crippen molar-refractivity contribution in [1.82, 2.24) is 18.7 Å². The van der Waals surface area contributed by atoms with Crippen LogP contribution in [-0.4, -0.2) is 24.6 Å². The number of hydrogen-bond donors (Lipinski definition) is 1. The van der Waals surface area contributed by atoms with Crippen LogP contribution in [0.25, 0.3) is 16.6 Å². The van der Waals surface area contributed by atoms with Crippen LogP contribution >= 0.6 is 11.9 Å². The first-order valence-electron chi connectivity index (χ1n) is 9.21. The van der Waals surface area contributed by atoms with Crippen LogP contribution in [0.2, 0.25) is 0 Å². The van der Waals surface area contributed by atoms with E-state index in [0.717, 1.165) is 17.1 Å². The molecule has 0 bridgehead atoms. The molecule has 0 unspecified atom stereocenters. The molecule has 2 aromatic heterocycles. The van der Waals surface area contributed by atoms with E-state index >= 15 is 0 Å². The van der Waals surface area contributed by atoms with Gasteiger partial charge in [-0.1, -0.05) is 43.0 Å². The molecule has 2 aromatic carbocycles. The molecular weight excluding hydrogens is 382 g/mol. The molecule has 0 radical (unpaired) electrons. The number of nitrogens with two attached hydrogens (primary N) is 1. The number of aryl methyl sites for hydroxylation is 1. The second kappa shape index (κ2) is 8.35. The Hall–Kier alpha value is -3.34. The standard InChI is InChI=1S/C22H19N5OS/c1-2-20-25-19-10-6-7-17(12-11-16-13-24-26(14-16)29-15-23)21(19)22(28)27(20)18-8-4-3-5-9-18/h3-10,13-14H,2,15,23H2,1H3. The van der Waals surface area contributed by atoms with Crippen molar-refractivity contribution in [3.63, 3.8) is 0 Å². The summed E-state index contributed by atoms with van der Waals surface area (Å²) >= 11 is 1.38. The number of para-hydroxylation sites is 1. The third-order valence-electron chi connectivity index (χ3n) is 4.41. The van der Waals surface area contributed by atoms with E-state index in [1.54, 1.807) is 14.9 Å². The number of nitrogens with zero attached hydrogens (tertiary/aromatic N) is 4. The highest BCUT2D eigenvalue weighted by molar-refractivity contribution is 7.97. The minimum absolute atomic E-state index is 0.114. The molecule has 7 heteroatoms. The van der Waals surface area contributed by atoms with Crippen molar-refractivity contribution in [2.24, 2.45) is 5.73 Å². The van der Waals surface area contributed by atoms with Crippen LogP contribution in [-0.2, 0) is 6.42 Å². The molecule has 0 spiro atoms. The molecule has 0 aliphatic carbocycles. The van der Waals surface area contributed by atoms with E-state index in [-0.39, 0.29) is 5.56 Å². The lowest BCUT2D eigenvalue weighted by Crippen LogP contribution is -2.24. The molecule has 0 aliphatic heterocycles. The predicted molar refractivity (Wildman–Crippen MR) is 117 cm³/mol. The summed E-state index contributed by atoms with van der Waals surface area (Å²) in [7, 11) is 0. The summed E-state index contributed by atoms with van der Waals surface area (Å²) in [6.07, 6.45) is 4.13. The van der Waals surface area contributed by atoms with Gasteiger partial charge in [-0.25, -0.2) is 9.07 Å². The lowest BCUT2D eigenvalue weighted by atomic mass is 10.1. The minimum Gasteiger partial charge on any atom is -0.320 e. The van der Waals surface area contributed by atoms with E-state index in [0.29, 0.717) is 28.8 Å². The third kappa shape index (κ3) is 3.81. The second-order valence-electron chi connectivity index (χ2n) is 6.23. The fraction of sp³-hybridized carbons (Fsp3) is 0.136. The molecule has 0 saturated carbocycles. The maximum Gasteiger partial charge on any atom is 0.267 e. The molecule has 6 nitrogen and oxygen atoms in total. The lowest BCUT2D eigenvalue weighted by Gasteiger charge is -2.13. The Morgan fingerprint density at radius 2 is 1.93 bits per heavy atom. The third-order valence-corrected chi connectivity index (χ3v) is 5.02. The van der Waals surface area contributed by atoms with Gasteiger partial charge >= 0.3 is 0 Å². The molecule has 0 fully saturated rings. The molecule has 29 heavy (non-hydrogen) atoms. The van der Waals surface area contributed by atoms with Crippen molar-refractivity contribution < 1.29 is 0 Å². The Morgan fingerprint density at radius 1 is 1.10 bits per heavy atom. The normalized spacial score (nSPS) is 10.7. The van der Waals surface area contributed by atoms with Crippen molar-refractivity contribution in [3.8, 4) is 17.5 Å². The topological polar surface area (TPSA) is 78.7 Å². The van der Waals surface area contributed by atoms with Crippen LogP contribution in [0.4, 0.5) is 0 Å². The summed E-state index contributed by atoms with van der Waals surface area (Å²) in [4.78, 5) is 18.2. The lowest BCUT2D eigenvalue weighted by molar-refractivity contribution is 0.833. The quantitative estimate of drug-likeness (QED) is 0.420. The number of rotatable bonds is 4. The molecule has 2 heterocycles. The molecule has 0 saturated heterocycles. The van der Waals surface area contributed by atoms with E-state index in [4.69, 9.17) is 10.7 Å². The maximum absolute atomic E-state index is 13.5. The monoisotopic (exact) mass is 401 g/mol. The van der Waals surface area contributed by atoms with Crippen molar-refractivity contribution in [2.45, 2.75) is 13.3 Å². The first kappa shape index (κ1) is 19.0. The molecule has 0 amide bonds. The zero-order valence-corrected chi connectivity index (χ0v) is 16.7.